The summed E-state index contributed by atoms with van der Waals surface area (Å²) in [5.41, 5.74) is 1.68. The highest BCUT2D eigenvalue weighted by Gasteiger charge is 2.26. The first kappa shape index (κ1) is 12.2. The van der Waals surface area contributed by atoms with E-state index in [4.69, 9.17) is 27.9 Å². The summed E-state index contributed by atoms with van der Waals surface area (Å²) in [4.78, 5) is 11.3. The SMILES string of the molecule is C=CC(=O)OC1=C(Cl)CC(Cl)c2ccccc21. The maximum atomic E-state index is 11.3. The van der Waals surface area contributed by atoms with Crippen molar-refractivity contribution < 1.29 is 9.53 Å². The van der Waals surface area contributed by atoms with Crippen LogP contribution in [0, 0.1) is 0 Å². The topological polar surface area (TPSA) is 26.3 Å². The van der Waals surface area contributed by atoms with Gasteiger partial charge in [-0.25, -0.2) is 4.79 Å². The Hall–Kier alpha value is -1.25. The number of rotatable bonds is 2. The van der Waals surface area contributed by atoms with Crippen LogP contribution in [0.1, 0.15) is 22.9 Å². The molecule has 1 atom stereocenters. The van der Waals surface area contributed by atoms with Crippen molar-refractivity contribution in [2.24, 2.45) is 0 Å². The molecular weight excluding hydrogens is 259 g/mol. The average Bonchev–Trinajstić information content (AvgIpc) is 2.34. The second kappa shape index (κ2) is 4.94. The van der Waals surface area contributed by atoms with E-state index in [0.717, 1.165) is 17.2 Å². The Kier molecular flexibility index (Phi) is 3.55. The summed E-state index contributed by atoms with van der Waals surface area (Å²) < 4.78 is 5.16. The highest BCUT2D eigenvalue weighted by atomic mass is 35.5. The molecule has 0 N–H and O–H groups in total. The molecule has 1 unspecified atom stereocenters. The lowest BCUT2D eigenvalue weighted by molar-refractivity contribution is -0.131. The Bertz CT molecular complexity index is 506. The minimum absolute atomic E-state index is 0.190. The number of esters is 1. The number of benzene rings is 1. The number of ether oxygens (including phenoxy) is 1. The highest BCUT2D eigenvalue weighted by Crippen LogP contribution is 2.42. The fraction of sp³-hybridized carbons (Fsp3) is 0.154. The van der Waals surface area contributed by atoms with Gasteiger partial charge in [0.2, 0.25) is 0 Å². The van der Waals surface area contributed by atoms with Gasteiger partial charge in [-0.2, -0.15) is 0 Å². The van der Waals surface area contributed by atoms with Crippen molar-refractivity contribution in [3.63, 3.8) is 0 Å². The zero-order valence-corrected chi connectivity index (χ0v) is 10.5. The van der Waals surface area contributed by atoms with Crippen molar-refractivity contribution in [3.05, 3.63) is 53.1 Å². The van der Waals surface area contributed by atoms with E-state index < -0.39 is 5.97 Å². The molecule has 0 saturated carbocycles. The molecule has 0 spiro atoms. The number of carbonyl (C=O) groups excluding carboxylic acids is 1. The van der Waals surface area contributed by atoms with Crippen molar-refractivity contribution in [2.45, 2.75) is 11.8 Å². The van der Waals surface area contributed by atoms with Crippen LogP contribution in [0.4, 0.5) is 0 Å². The van der Waals surface area contributed by atoms with Crippen LogP contribution in [0.3, 0.4) is 0 Å². The normalized spacial score (nSPS) is 18.6. The van der Waals surface area contributed by atoms with E-state index in [-0.39, 0.29) is 5.38 Å². The van der Waals surface area contributed by atoms with Gasteiger partial charge < -0.3 is 4.74 Å². The Morgan fingerprint density at radius 2 is 2.18 bits per heavy atom. The van der Waals surface area contributed by atoms with Crippen molar-refractivity contribution in [1.29, 1.82) is 0 Å². The zero-order chi connectivity index (χ0) is 12.4. The molecule has 17 heavy (non-hydrogen) atoms. The van der Waals surface area contributed by atoms with Gasteiger partial charge in [0, 0.05) is 18.1 Å². The molecule has 0 aromatic heterocycles. The minimum atomic E-state index is -0.527. The van der Waals surface area contributed by atoms with Gasteiger partial charge in [-0.15, -0.1) is 11.6 Å². The molecule has 1 aliphatic carbocycles. The number of halogens is 2. The fourth-order valence-corrected chi connectivity index (χ4v) is 2.45. The van der Waals surface area contributed by atoms with Crippen LogP contribution in [0.25, 0.3) is 5.76 Å². The van der Waals surface area contributed by atoms with Crippen LogP contribution >= 0.6 is 23.2 Å². The Labute approximate surface area is 109 Å². The number of allylic oxidation sites excluding steroid dienone is 1. The summed E-state index contributed by atoms with van der Waals surface area (Å²) in [5.74, 6) is -0.148. The van der Waals surface area contributed by atoms with E-state index in [1.165, 1.54) is 0 Å². The van der Waals surface area contributed by atoms with Crippen molar-refractivity contribution >= 4 is 34.9 Å². The monoisotopic (exact) mass is 268 g/mol. The van der Waals surface area contributed by atoms with E-state index in [2.05, 4.69) is 6.58 Å². The molecule has 0 amide bonds. The Morgan fingerprint density at radius 1 is 1.47 bits per heavy atom. The molecule has 0 fully saturated rings. The van der Waals surface area contributed by atoms with E-state index >= 15 is 0 Å². The smallest absolute Gasteiger partial charge is 0.335 e. The second-order valence-corrected chi connectivity index (χ2v) is 4.60. The van der Waals surface area contributed by atoms with Crippen LogP contribution in [-0.2, 0) is 9.53 Å². The van der Waals surface area contributed by atoms with Gasteiger partial charge in [-0.3, -0.25) is 0 Å². The van der Waals surface area contributed by atoms with E-state index in [1.54, 1.807) is 0 Å². The lowest BCUT2D eigenvalue weighted by atomic mass is 9.95. The molecule has 88 valence electrons. The molecular formula is C13H10Cl2O2. The third-order valence-electron chi connectivity index (χ3n) is 2.52. The summed E-state index contributed by atoms with van der Waals surface area (Å²) in [6.45, 7) is 3.36. The molecule has 2 rings (SSSR count). The van der Waals surface area contributed by atoms with Gasteiger partial charge in [-0.05, 0) is 5.56 Å². The van der Waals surface area contributed by atoms with Crippen LogP contribution in [0.5, 0.6) is 0 Å². The fourth-order valence-electron chi connectivity index (χ4n) is 1.74. The molecule has 0 radical (unpaired) electrons. The predicted octanol–water partition coefficient (Wildman–Crippen LogP) is 4.01. The van der Waals surface area contributed by atoms with Gasteiger partial charge in [0.25, 0.3) is 0 Å². The first-order chi connectivity index (χ1) is 8.13. The lowest BCUT2D eigenvalue weighted by Crippen LogP contribution is -2.09. The van der Waals surface area contributed by atoms with Crippen LogP contribution < -0.4 is 0 Å². The Balaban J connectivity index is 2.46. The average molecular weight is 269 g/mol. The number of hydrogen-bond donors (Lipinski definition) is 0. The molecule has 0 aliphatic heterocycles. The van der Waals surface area contributed by atoms with Crippen LogP contribution in [0.2, 0.25) is 0 Å². The number of hydrogen-bond acceptors (Lipinski definition) is 2. The summed E-state index contributed by atoms with van der Waals surface area (Å²) in [5, 5.41) is 0.267. The third-order valence-corrected chi connectivity index (χ3v) is 3.23. The molecule has 0 heterocycles. The standard InChI is InChI=1S/C13H10Cl2O2/c1-2-12(16)17-13-9-6-4-3-5-8(9)10(14)7-11(13)15/h2-6,10H,1,7H2. The molecule has 1 aliphatic rings. The lowest BCUT2D eigenvalue weighted by Gasteiger charge is -2.22. The summed E-state index contributed by atoms with van der Waals surface area (Å²) in [7, 11) is 0. The predicted molar refractivity (Wildman–Crippen MR) is 68.7 cm³/mol. The van der Waals surface area contributed by atoms with Gasteiger partial charge >= 0.3 is 5.97 Å². The largest absolute Gasteiger partial charge is 0.421 e. The molecule has 0 bridgehead atoms. The minimum Gasteiger partial charge on any atom is -0.421 e. The first-order valence-corrected chi connectivity index (χ1v) is 5.91. The van der Waals surface area contributed by atoms with Gasteiger partial charge in [0.15, 0.2) is 5.76 Å². The van der Waals surface area contributed by atoms with Gasteiger partial charge in [-0.1, -0.05) is 42.4 Å². The zero-order valence-electron chi connectivity index (χ0n) is 8.95. The molecule has 2 nitrogen and oxygen atoms in total. The summed E-state index contributed by atoms with van der Waals surface area (Å²) >= 11 is 12.3. The number of alkyl halides is 1. The third kappa shape index (κ3) is 2.38. The Morgan fingerprint density at radius 3 is 2.88 bits per heavy atom. The van der Waals surface area contributed by atoms with Crippen molar-refractivity contribution in [3.8, 4) is 0 Å². The quantitative estimate of drug-likeness (QED) is 0.460. The summed E-state index contributed by atoms with van der Waals surface area (Å²) in [6, 6.07) is 7.47. The number of carbonyl (C=O) groups is 1. The van der Waals surface area contributed by atoms with E-state index in [1.807, 2.05) is 24.3 Å². The first-order valence-electron chi connectivity index (χ1n) is 5.09. The van der Waals surface area contributed by atoms with Crippen molar-refractivity contribution in [1.82, 2.24) is 0 Å². The second-order valence-electron chi connectivity index (χ2n) is 3.62. The van der Waals surface area contributed by atoms with E-state index in [9.17, 15) is 4.79 Å². The van der Waals surface area contributed by atoms with Gasteiger partial charge in [0.05, 0.1) is 10.4 Å². The van der Waals surface area contributed by atoms with Crippen molar-refractivity contribution in [2.75, 3.05) is 0 Å². The molecule has 4 heteroatoms. The molecule has 1 aromatic rings. The number of fused-ring (bicyclic) bond motifs is 1. The van der Waals surface area contributed by atoms with Crippen LogP contribution in [0.15, 0.2) is 42.0 Å². The van der Waals surface area contributed by atoms with Gasteiger partial charge in [0.1, 0.15) is 0 Å². The highest BCUT2D eigenvalue weighted by molar-refractivity contribution is 6.34. The maximum absolute atomic E-state index is 11.3. The molecule has 0 saturated heterocycles. The molecule has 1 aromatic carbocycles. The van der Waals surface area contributed by atoms with Crippen LogP contribution in [-0.4, -0.2) is 5.97 Å². The van der Waals surface area contributed by atoms with E-state index in [0.29, 0.717) is 17.2 Å². The summed E-state index contributed by atoms with van der Waals surface area (Å²) in [6.07, 6.45) is 1.56. The maximum Gasteiger partial charge on any atom is 0.335 e.